The number of rotatable bonds is 6. The van der Waals surface area contributed by atoms with Gasteiger partial charge in [-0.1, -0.05) is 45.0 Å². The fraction of sp³-hybridized carbons (Fsp3) is 0.474. The maximum Gasteiger partial charge on any atom is 0.0587 e. The van der Waals surface area contributed by atoms with Crippen molar-refractivity contribution in [1.29, 1.82) is 0 Å². The largest absolute Gasteiger partial charge is 0.306 e. The van der Waals surface area contributed by atoms with E-state index in [4.69, 9.17) is 0 Å². The van der Waals surface area contributed by atoms with E-state index in [-0.39, 0.29) is 0 Å². The summed E-state index contributed by atoms with van der Waals surface area (Å²) in [5.41, 5.74) is 4.21. The van der Waals surface area contributed by atoms with Crippen molar-refractivity contribution >= 4 is 11.3 Å². The third kappa shape index (κ3) is 3.96. The Labute approximate surface area is 133 Å². The van der Waals surface area contributed by atoms with Crippen LogP contribution in [0.5, 0.6) is 0 Å². The Kier molecular flexibility index (Phi) is 5.60. The molecule has 0 aliphatic heterocycles. The van der Waals surface area contributed by atoms with E-state index in [1.807, 2.05) is 11.3 Å². The molecule has 1 nitrogen and oxygen atoms in total. The van der Waals surface area contributed by atoms with E-state index in [0.29, 0.717) is 12.0 Å². The van der Waals surface area contributed by atoms with Crippen LogP contribution in [0.1, 0.15) is 65.6 Å². The van der Waals surface area contributed by atoms with E-state index >= 15 is 0 Å². The van der Waals surface area contributed by atoms with Crippen LogP contribution in [0, 0.1) is 13.8 Å². The van der Waals surface area contributed by atoms with Crippen LogP contribution in [0.3, 0.4) is 0 Å². The molecule has 1 heterocycles. The van der Waals surface area contributed by atoms with E-state index in [1.54, 1.807) is 0 Å². The van der Waals surface area contributed by atoms with Crippen molar-refractivity contribution in [2.75, 3.05) is 6.54 Å². The van der Waals surface area contributed by atoms with E-state index < -0.39 is 0 Å². The van der Waals surface area contributed by atoms with Gasteiger partial charge in [-0.25, -0.2) is 0 Å². The fourth-order valence-corrected chi connectivity index (χ4v) is 3.67. The molecule has 2 heteroatoms. The van der Waals surface area contributed by atoms with Crippen molar-refractivity contribution in [1.82, 2.24) is 5.32 Å². The van der Waals surface area contributed by atoms with Gasteiger partial charge in [-0.05, 0) is 55.5 Å². The summed E-state index contributed by atoms with van der Waals surface area (Å²) in [6, 6.07) is 11.8. The normalized spacial score (nSPS) is 12.9. The van der Waals surface area contributed by atoms with Crippen molar-refractivity contribution in [3.8, 4) is 0 Å². The van der Waals surface area contributed by atoms with Gasteiger partial charge in [0.15, 0.2) is 0 Å². The molecule has 21 heavy (non-hydrogen) atoms. The Morgan fingerprint density at radius 1 is 1.05 bits per heavy atom. The predicted molar refractivity (Wildman–Crippen MR) is 94.5 cm³/mol. The first kappa shape index (κ1) is 16.3. The van der Waals surface area contributed by atoms with E-state index in [0.717, 1.165) is 13.0 Å². The van der Waals surface area contributed by atoms with Gasteiger partial charge in [0.1, 0.15) is 0 Å². The van der Waals surface area contributed by atoms with E-state index in [2.05, 4.69) is 70.3 Å². The smallest absolute Gasteiger partial charge is 0.0587 e. The zero-order chi connectivity index (χ0) is 15.4. The predicted octanol–water partition coefficient (Wildman–Crippen LogP) is 5.58. The summed E-state index contributed by atoms with van der Waals surface area (Å²) in [5.74, 6) is 0.589. The van der Waals surface area contributed by atoms with Crippen LogP contribution >= 0.6 is 11.3 Å². The average molecular weight is 301 g/mol. The highest BCUT2D eigenvalue weighted by Gasteiger charge is 2.17. The van der Waals surface area contributed by atoms with Gasteiger partial charge in [-0.15, -0.1) is 11.3 Å². The van der Waals surface area contributed by atoms with Crippen LogP contribution < -0.4 is 5.32 Å². The Morgan fingerprint density at radius 2 is 1.67 bits per heavy atom. The molecule has 1 N–H and O–H groups in total. The van der Waals surface area contributed by atoms with E-state index in [9.17, 15) is 0 Å². The number of nitrogens with one attached hydrogen (secondary N) is 1. The second kappa shape index (κ2) is 7.24. The van der Waals surface area contributed by atoms with Crippen LogP contribution in [0.15, 0.2) is 30.3 Å². The van der Waals surface area contributed by atoms with Gasteiger partial charge in [0.05, 0.1) is 6.04 Å². The van der Waals surface area contributed by atoms with Crippen LogP contribution in [0.4, 0.5) is 0 Å². The second-order valence-corrected chi connectivity index (χ2v) is 7.54. The molecule has 0 spiro atoms. The Morgan fingerprint density at radius 3 is 2.14 bits per heavy atom. The molecule has 1 aromatic heterocycles. The molecular weight excluding hydrogens is 274 g/mol. The zero-order valence-corrected chi connectivity index (χ0v) is 14.7. The maximum atomic E-state index is 3.71. The highest BCUT2D eigenvalue weighted by atomic mass is 32.1. The van der Waals surface area contributed by atoms with Crippen molar-refractivity contribution < 1.29 is 0 Å². The molecule has 0 saturated heterocycles. The minimum absolute atomic E-state index is 0.316. The molecule has 0 fully saturated rings. The van der Waals surface area contributed by atoms with Crippen molar-refractivity contribution in [2.45, 2.75) is 53.0 Å². The van der Waals surface area contributed by atoms with Gasteiger partial charge < -0.3 is 5.32 Å². The summed E-state index contributed by atoms with van der Waals surface area (Å²) < 4.78 is 0. The Hall–Kier alpha value is -1.12. The lowest BCUT2D eigenvalue weighted by Crippen LogP contribution is -2.23. The third-order valence-corrected chi connectivity index (χ3v) is 4.91. The summed E-state index contributed by atoms with van der Waals surface area (Å²) in [7, 11) is 0. The van der Waals surface area contributed by atoms with Crippen LogP contribution in [0.25, 0.3) is 0 Å². The topological polar surface area (TPSA) is 12.0 Å². The number of thiophene rings is 1. The Balaban J connectivity index is 2.33. The zero-order valence-electron chi connectivity index (χ0n) is 13.9. The number of aryl methyl sites for hydroxylation is 2. The molecular formula is C19H27NS. The summed E-state index contributed by atoms with van der Waals surface area (Å²) >= 11 is 1.89. The molecule has 1 unspecified atom stereocenters. The first-order valence-corrected chi connectivity index (χ1v) is 8.74. The fourth-order valence-electron chi connectivity index (χ4n) is 2.71. The van der Waals surface area contributed by atoms with Gasteiger partial charge in [-0.3, -0.25) is 0 Å². The molecule has 1 atom stereocenters. The van der Waals surface area contributed by atoms with Crippen LogP contribution in [0.2, 0.25) is 0 Å². The summed E-state index contributed by atoms with van der Waals surface area (Å²) in [6.07, 6.45) is 1.16. The minimum atomic E-state index is 0.316. The first-order valence-electron chi connectivity index (χ1n) is 7.93. The SMILES string of the molecule is CCCNC(c1ccc(C(C)C)cc1)c1cc(C)sc1C. The number of hydrogen-bond acceptors (Lipinski definition) is 2. The number of benzene rings is 1. The summed E-state index contributed by atoms with van der Waals surface area (Å²) in [6.45, 7) is 12.2. The highest BCUT2D eigenvalue weighted by molar-refractivity contribution is 7.12. The molecule has 0 saturated carbocycles. The van der Waals surface area contributed by atoms with Gasteiger partial charge in [0, 0.05) is 9.75 Å². The molecule has 1 aromatic carbocycles. The molecule has 0 amide bonds. The molecule has 0 radical (unpaired) electrons. The van der Waals surface area contributed by atoms with Gasteiger partial charge in [0.25, 0.3) is 0 Å². The lowest BCUT2D eigenvalue weighted by molar-refractivity contribution is 0.597. The quantitative estimate of drug-likeness (QED) is 0.734. The maximum absolute atomic E-state index is 3.71. The molecule has 114 valence electrons. The second-order valence-electron chi connectivity index (χ2n) is 6.08. The first-order chi connectivity index (χ1) is 10.0. The van der Waals surface area contributed by atoms with Gasteiger partial charge in [-0.2, -0.15) is 0 Å². The van der Waals surface area contributed by atoms with Crippen molar-refractivity contribution in [3.63, 3.8) is 0 Å². The van der Waals surface area contributed by atoms with Crippen LogP contribution in [-0.4, -0.2) is 6.54 Å². The lowest BCUT2D eigenvalue weighted by Gasteiger charge is -2.20. The summed E-state index contributed by atoms with van der Waals surface area (Å²) in [5, 5.41) is 3.71. The van der Waals surface area contributed by atoms with Gasteiger partial charge >= 0.3 is 0 Å². The molecule has 0 aliphatic rings. The Bertz CT molecular complexity index is 566. The monoisotopic (exact) mass is 301 g/mol. The third-order valence-electron chi connectivity index (χ3n) is 3.93. The van der Waals surface area contributed by atoms with Crippen LogP contribution in [-0.2, 0) is 0 Å². The molecule has 2 rings (SSSR count). The van der Waals surface area contributed by atoms with Crippen molar-refractivity contribution in [2.24, 2.45) is 0 Å². The lowest BCUT2D eigenvalue weighted by atomic mass is 9.95. The minimum Gasteiger partial charge on any atom is -0.306 e. The van der Waals surface area contributed by atoms with Crippen molar-refractivity contribution in [3.05, 3.63) is 56.8 Å². The average Bonchev–Trinajstić information content (AvgIpc) is 2.79. The number of hydrogen-bond donors (Lipinski definition) is 1. The van der Waals surface area contributed by atoms with Gasteiger partial charge in [0.2, 0.25) is 0 Å². The van der Waals surface area contributed by atoms with E-state index in [1.165, 1.54) is 26.4 Å². The highest BCUT2D eigenvalue weighted by Crippen LogP contribution is 2.31. The molecule has 0 aliphatic carbocycles. The molecule has 0 bridgehead atoms. The summed E-state index contributed by atoms with van der Waals surface area (Å²) in [4.78, 5) is 2.82. The standard InChI is InChI=1S/C19H27NS/c1-6-11-20-19(18-12-14(4)21-15(18)5)17-9-7-16(8-10-17)13(2)3/h7-10,12-13,19-20H,6,11H2,1-5H3. The molecule has 2 aromatic rings.